The third-order valence-electron chi connectivity index (χ3n) is 8.76. The highest BCUT2D eigenvalue weighted by molar-refractivity contribution is 7.89. The van der Waals surface area contributed by atoms with E-state index in [-0.39, 0.29) is 10.8 Å². The van der Waals surface area contributed by atoms with Gasteiger partial charge in [-0.15, -0.1) is 0 Å². The molecule has 210 valence electrons. The number of carbonyl (C=O) groups excluding carboxylic acids is 1. The maximum absolute atomic E-state index is 13.4. The molecule has 3 aromatic rings. The molecule has 0 spiro atoms. The first kappa shape index (κ1) is 27.0. The Balaban J connectivity index is 1.34. The number of ether oxygens (including phenoxy) is 1. The van der Waals surface area contributed by atoms with Crippen molar-refractivity contribution < 1.29 is 17.9 Å². The van der Waals surface area contributed by atoms with E-state index in [0.29, 0.717) is 49.0 Å². The predicted molar refractivity (Wildman–Crippen MR) is 158 cm³/mol. The maximum Gasteiger partial charge on any atom is 0.258 e. The number of nitrogens with zero attached hydrogens (tertiary/aromatic N) is 3. The molecule has 1 saturated heterocycles. The van der Waals surface area contributed by atoms with Gasteiger partial charge in [-0.3, -0.25) is 4.79 Å². The van der Waals surface area contributed by atoms with Crippen LogP contribution in [0.3, 0.4) is 0 Å². The molecule has 0 N–H and O–H groups in total. The second kappa shape index (κ2) is 10.7. The third-order valence-corrected chi connectivity index (χ3v) is 10.7. The van der Waals surface area contributed by atoms with Crippen molar-refractivity contribution in [2.24, 2.45) is 0 Å². The largest absolute Gasteiger partial charge is 0.379 e. The third kappa shape index (κ3) is 4.72. The topological polar surface area (TPSA) is 71.8 Å². The van der Waals surface area contributed by atoms with E-state index in [0.717, 1.165) is 22.6 Å². The molecular formula is C32H37N3O4S. The van der Waals surface area contributed by atoms with E-state index in [1.54, 1.807) is 30.1 Å². The summed E-state index contributed by atoms with van der Waals surface area (Å²) in [6, 6.07) is 16.0. The fourth-order valence-electron chi connectivity index (χ4n) is 6.48. The van der Waals surface area contributed by atoms with Gasteiger partial charge in [-0.05, 0) is 86.2 Å². The molecule has 0 bridgehead atoms. The molecule has 0 unspecified atom stereocenters. The molecule has 3 heterocycles. The zero-order valence-corrected chi connectivity index (χ0v) is 24.3. The Bertz CT molecular complexity index is 1570. The minimum Gasteiger partial charge on any atom is -0.379 e. The summed E-state index contributed by atoms with van der Waals surface area (Å²) in [4.78, 5) is 15.2. The molecule has 3 aliphatic rings. The van der Waals surface area contributed by atoms with Gasteiger partial charge in [-0.1, -0.05) is 31.4 Å². The minimum absolute atomic E-state index is 0.141. The lowest BCUT2D eigenvalue weighted by Gasteiger charge is -2.26. The number of morpholine rings is 1. The predicted octanol–water partition coefficient (Wildman–Crippen LogP) is 5.68. The molecule has 2 aromatic carbocycles. The summed E-state index contributed by atoms with van der Waals surface area (Å²) in [6.45, 7) is 5.57. The van der Waals surface area contributed by atoms with Crippen molar-refractivity contribution in [1.29, 1.82) is 0 Å². The number of fused-ring (bicyclic) bond motifs is 1. The number of benzene rings is 2. The number of hydrogen-bond acceptors (Lipinski definition) is 4. The van der Waals surface area contributed by atoms with Crippen molar-refractivity contribution in [3.8, 4) is 5.69 Å². The Morgan fingerprint density at radius 2 is 1.62 bits per heavy atom. The molecule has 2 aliphatic heterocycles. The van der Waals surface area contributed by atoms with Crippen molar-refractivity contribution in [3.63, 3.8) is 0 Å². The number of aromatic nitrogens is 1. The van der Waals surface area contributed by atoms with Crippen LogP contribution in [0, 0.1) is 13.8 Å². The van der Waals surface area contributed by atoms with E-state index in [1.165, 1.54) is 42.0 Å². The Labute approximate surface area is 237 Å². The molecule has 1 amide bonds. The number of sulfonamides is 1. The van der Waals surface area contributed by atoms with Gasteiger partial charge in [0.25, 0.3) is 5.91 Å². The number of carbonyl (C=O) groups is 1. The van der Waals surface area contributed by atoms with Crippen LogP contribution in [0.1, 0.15) is 66.1 Å². The molecule has 2 fully saturated rings. The van der Waals surface area contributed by atoms with Crippen molar-refractivity contribution in [2.45, 2.75) is 56.8 Å². The van der Waals surface area contributed by atoms with Gasteiger partial charge in [-0.25, -0.2) is 8.42 Å². The number of aryl methyl sites for hydroxylation is 1. The first-order valence-corrected chi connectivity index (χ1v) is 15.7. The number of amides is 1. The first-order chi connectivity index (χ1) is 19.3. The quantitative estimate of drug-likeness (QED) is 0.377. The molecule has 0 atom stereocenters. The molecule has 8 heteroatoms. The summed E-state index contributed by atoms with van der Waals surface area (Å²) < 4.78 is 35.7. The van der Waals surface area contributed by atoms with Crippen molar-refractivity contribution in [1.82, 2.24) is 8.87 Å². The van der Waals surface area contributed by atoms with Gasteiger partial charge in [0, 0.05) is 48.3 Å². The molecule has 0 radical (unpaired) electrons. The summed E-state index contributed by atoms with van der Waals surface area (Å²) in [5, 5.41) is 0. The van der Waals surface area contributed by atoms with Gasteiger partial charge in [0.15, 0.2) is 0 Å². The van der Waals surface area contributed by atoms with Crippen LogP contribution in [0.25, 0.3) is 17.3 Å². The van der Waals surface area contributed by atoms with Crippen molar-refractivity contribution >= 4 is 33.3 Å². The van der Waals surface area contributed by atoms with Gasteiger partial charge in [0.05, 0.1) is 23.8 Å². The van der Waals surface area contributed by atoms with Crippen LogP contribution in [-0.4, -0.2) is 56.5 Å². The monoisotopic (exact) mass is 559 g/mol. The van der Waals surface area contributed by atoms with E-state index in [1.807, 2.05) is 6.08 Å². The second-order valence-corrected chi connectivity index (χ2v) is 13.1. The van der Waals surface area contributed by atoms with Gasteiger partial charge >= 0.3 is 0 Å². The van der Waals surface area contributed by atoms with Crippen LogP contribution in [0.5, 0.6) is 0 Å². The van der Waals surface area contributed by atoms with Crippen LogP contribution in [0.2, 0.25) is 0 Å². The Hall–Kier alpha value is -3.20. The normalized spacial score (nSPS) is 19.9. The lowest BCUT2D eigenvalue weighted by molar-refractivity contribution is -0.112. The van der Waals surface area contributed by atoms with Crippen LogP contribution >= 0.6 is 0 Å². The van der Waals surface area contributed by atoms with Crippen molar-refractivity contribution in [2.75, 3.05) is 38.3 Å². The highest BCUT2D eigenvalue weighted by atomic mass is 32.2. The first-order valence-electron chi connectivity index (χ1n) is 14.3. The molecule has 1 aromatic heterocycles. The summed E-state index contributed by atoms with van der Waals surface area (Å²) >= 11 is 0. The smallest absolute Gasteiger partial charge is 0.258 e. The summed E-state index contributed by atoms with van der Waals surface area (Å²) in [7, 11) is -1.95. The number of likely N-dealkylation sites (N-methyl/N-ethyl adjacent to an activating group) is 1. The molecule has 6 rings (SSSR count). The highest BCUT2D eigenvalue weighted by Crippen LogP contribution is 2.40. The maximum atomic E-state index is 13.4. The summed E-state index contributed by atoms with van der Waals surface area (Å²) in [6.07, 6.45) is 8.44. The zero-order valence-electron chi connectivity index (χ0n) is 23.5. The fourth-order valence-corrected chi connectivity index (χ4v) is 7.92. The van der Waals surface area contributed by atoms with Gasteiger partial charge < -0.3 is 14.2 Å². The number of hydrogen-bond donors (Lipinski definition) is 0. The van der Waals surface area contributed by atoms with E-state index in [9.17, 15) is 13.2 Å². The van der Waals surface area contributed by atoms with Crippen LogP contribution in [0.4, 0.5) is 5.69 Å². The highest BCUT2D eigenvalue weighted by Gasteiger charge is 2.33. The van der Waals surface area contributed by atoms with E-state index >= 15 is 0 Å². The average Bonchev–Trinajstić information content (AvgIpc) is 3.40. The SMILES string of the molecule is Cc1cc(/C=C2\C(=O)N(C)c3ccc(S(=O)(=O)N4CCOCC4)cc32)c(C)n1-c1ccc(C2CCCCC2)cc1. The van der Waals surface area contributed by atoms with Crippen LogP contribution in [-0.2, 0) is 19.6 Å². The lowest BCUT2D eigenvalue weighted by atomic mass is 9.84. The van der Waals surface area contributed by atoms with Crippen LogP contribution in [0.15, 0.2) is 53.4 Å². The molecule has 1 aliphatic carbocycles. The van der Waals surface area contributed by atoms with Gasteiger partial charge in [-0.2, -0.15) is 4.31 Å². The van der Waals surface area contributed by atoms with E-state index in [4.69, 9.17) is 4.74 Å². The van der Waals surface area contributed by atoms with Crippen molar-refractivity contribution in [3.05, 3.63) is 76.6 Å². The van der Waals surface area contributed by atoms with E-state index < -0.39 is 10.0 Å². The molecule has 40 heavy (non-hydrogen) atoms. The Morgan fingerprint density at radius 1 is 0.925 bits per heavy atom. The average molecular weight is 560 g/mol. The standard InChI is InChI=1S/C32H37N3O4S/c1-22-19-26(23(2)35(22)27-11-9-25(10-12-27)24-7-5-4-6-8-24)20-30-29-21-28(13-14-31(29)33(3)32(30)36)40(37,38)34-15-17-39-18-16-34/h9-14,19-21,24H,4-8,15-18H2,1-3H3/b30-20-. The van der Waals surface area contributed by atoms with E-state index in [2.05, 4.69) is 48.7 Å². The van der Waals surface area contributed by atoms with Gasteiger partial charge in [0.2, 0.25) is 10.0 Å². The summed E-state index contributed by atoms with van der Waals surface area (Å²) in [5.74, 6) is 0.523. The van der Waals surface area contributed by atoms with Gasteiger partial charge in [0.1, 0.15) is 0 Å². The molecule has 7 nitrogen and oxygen atoms in total. The molecular weight excluding hydrogens is 522 g/mol. The molecule has 1 saturated carbocycles. The lowest BCUT2D eigenvalue weighted by Crippen LogP contribution is -2.40. The Morgan fingerprint density at radius 3 is 2.33 bits per heavy atom. The second-order valence-electron chi connectivity index (χ2n) is 11.2. The minimum atomic E-state index is -3.68. The number of anilines is 1. The zero-order chi connectivity index (χ0) is 28.0. The Kier molecular flexibility index (Phi) is 7.19. The fraction of sp³-hybridized carbons (Fsp3) is 0.406. The summed E-state index contributed by atoms with van der Waals surface area (Å²) in [5.41, 5.74) is 7.45. The van der Waals surface area contributed by atoms with Crippen LogP contribution < -0.4 is 4.90 Å². The number of rotatable bonds is 5.